The van der Waals surface area contributed by atoms with E-state index in [2.05, 4.69) is 74.1 Å². The summed E-state index contributed by atoms with van der Waals surface area (Å²) in [6, 6.07) is 13.3. The Bertz CT molecular complexity index is 543. The Morgan fingerprint density at radius 3 is 1.59 bits per heavy atom. The van der Waals surface area contributed by atoms with Crippen LogP contribution in [0.1, 0.15) is 39.5 Å². The van der Waals surface area contributed by atoms with Crippen molar-refractivity contribution in [1.29, 1.82) is 0 Å². The van der Waals surface area contributed by atoms with E-state index in [4.69, 9.17) is 0 Å². The molecule has 0 radical (unpaired) electrons. The molecule has 0 spiro atoms. The molecule has 2 rings (SSSR count). The van der Waals surface area contributed by atoms with Crippen LogP contribution in [0, 0.1) is 0 Å². The number of fused-ring (bicyclic) bond motifs is 1. The fourth-order valence-corrected chi connectivity index (χ4v) is 2.97. The van der Waals surface area contributed by atoms with E-state index in [1.165, 1.54) is 47.8 Å². The van der Waals surface area contributed by atoms with Crippen LogP contribution in [0.3, 0.4) is 0 Å². The van der Waals surface area contributed by atoms with E-state index in [9.17, 15) is 0 Å². The lowest BCUT2D eigenvalue weighted by atomic mass is 10.0. The topological polar surface area (TPSA) is 6.48 Å². The minimum atomic E-state index is 1.11. The van der Waals surface area contributed by atoms with Crippen LogP contribution in [0.2, 0.25) is 0 Å². The summed E-state index contributed by atoms with van der Waals surface area (Å²) in [6.07, 6.45) is 4.94. The summed E-state index contributed by atoms with van der Waals surface area (Å²) in [4.78, 5) is 4.81. The summed E-state index contributed by atoms with van der Waals surface area (Å²) >= 11 is 0. The van der Waals surface area contributed by atoms with Crippen LogP contribution in [0.4, 0.5) is 11.4 Å². The summed E-state index contributed by atoms with van der Waals surface area (Å²) in [5.41, 5.74) is 2.70. The maximum atomic E-state index is 2.41. The standard InChI is InChI=1S/C20H30N2/c1-5-7-15-21(3)18-13-9-11-17-12-10-14-19(20(17)18)22(4)16-8-6-2/h9-14H,5-8,15-16H2,1-4H3. The molecule has 0 N–H and O–H groups in total. The fraction of sp³-hybridized carbons (Fsp3) is 0.500. The Balaban J connectivity index is 2.44. The third-order valence-corrected chi connectivity index (χ3v) is 4.38. The number of nitrogens with zero attached hydrogens (tertiary/aromatic N) is 2. The normalized spacial score (nSPS) is 10.9. The summed E-state index contributed by atoms with van der Waals surface area (Å²) < 4.78 is 0. The minimum absolute atomic E-state index is 1.11. The van der Waals surface area contributed by atoms with Crippen LogP contribution in [-0.2, 0) is 0 Å². The third-order valence-electron chi connectivity index (χ3n) is 4.38. The van der Waals surface area contributed by atoms with Gasteiger partial charge >= 0.3 is 0 Å². The van der Waals surface area contributed by atoms with Crippen molar-refractivity contribution in [2.45, 2.75) is 39.5 Å². The number of hydrogen-bond donors (Lipinski definition) is 0. The molecule has 2 nitrogen and oxygen atoms in total. The van der Waals surface area contributed by atoms with Gasteiger partial charge in [0.05, 0.1) is 0 Å². The van der Waals surface area contributed by atoms with Crippen molar-refractivity contribution >= 4 is 22.1 Å². The van der Waals surface area contributed by atoms with E-state index in [0.29, 0.717) is 0 Å². The lowest BCUT2D eigenvalue weighted by Gasteiger charge is -2.26. The Morgan fingerprint density at radius 1 is 0.727 bits per heavy atom. The molecule has 0 unspecified atom stereocenters. The highest BCUT2D eigenvalue weighted by atomic mass is 15.1. The van der Waals surface area contributed by atoms with Crippen molar-refractivity contribution in [3.8, 4) is 0 Å². The molecule has 0 heterocycles. The molecular formula is C20H30N2. The Hall–Kier alpha value is -1.70. The molecule has 0 aliphatic carbocycles. The van der Waals surface area contributed by atoms with E-state index in [-0.39, 0.29) is 0 Å². The highest BCUT2D eigenvalue weighted by Gasteiger charge is 2.12. The monoisotopic (exact) mass is 298 g/mol. The van der Waals surface area contributed by atoms with Crippen molar-refractivity contribution in [1.82, 2.24) is 0 Å². The average molecular weight is 298 g/mol. The molecule has 0 saturated heterocycles. The molecular weight excluding hydrogens is 268 g/mol. The van der Waals surface area contributed by atoms with Crippen LogP contribution in [0.25, 0.3) is 10.8 Å². The first kappa shape index (κ1) is 16.7. The summed E-state index contributed by atoms with van der Waals surface area (Å²) in [5, 5.41) is 2.73. The van der Waals surface area contributed by atoms with E-state index in [0.717, 1.165) is 13.1 Å². The second kappa shape index (κ2) is 8.07. The number of unbranched alkanes of at least 4 members (excludes halogenated alkanes) is 2. The quantitative estimate of drug-likeness (QED) is 0.651. The van der Waals surface area contributed by atoms with Gasteiger partial charge in [0, 0.05) is 43.9 Å². The lowest BCUT2D eigenvalue weighted by Crippen LogP contribution is -2.21. The summed E-state index contributed by atoms with van der Waals surface area (Å²) in [6.45, 7) is 6.73. The largest absolute Gasteiger partial charge is 0.374 e. The number of rotatable bonds is 8. The smallest absolute Gasteiger partial charge is 0.0464 e. The van der Waals surface area contributed by atoms with Gasteiger partial charge in [0.1, 0.15) is 0 Å². The predicted octanol–water partition coefficient (Wildman–Crippen LogP) is 5.31. The zero-order chi connectivity index (χ0) is 15.9. The van der Waals surface area contributed by atoms with Crippen molar-refractivity contribution < 1.29 is 0 Å². The molecule has 0 aliphatic heterocycles. The van der Waals surface area contributed by atoms with E-state index in [1.807, 2.05) is 0 Å². The SMILES string of the molecule is CCCCN(C)c1cccc2cccc(N(C)CCCC)c12. The first-order valence-corrected chi connectivity index (χ1v) is 8.63. The van der Waals surface area contributed by atoms with Crippen LogP contribution in [0.15, 0.2) is 36.4 Å². The molecule has 0 saturated carbocycles. The number of anilines is 2. The van der Waals surface area contributed by atoms with Gasteiger partial charge in [0.15, 0.2) is 0 Å². The molecule has 0 aromatic heterocycles. The highest BCUT2D eigenvalue weighted by molar-refractivity contribution is 6.03. The van der Waals surface area contributed by atoms with Gasteiger partial charge in [-0.3, -0.25) is 0 Å². The molecule has 0 bridgehead atoms. The lowest BCUT2D eigenvalue weighted by molar-refractivity contribution is 0.764. The van der Waals surface area contributed by atoms with Gasteiger partial charge in [-0.25, -0.2) is 0 Å². The molecule has 2 aromatic carbocycles. The summed E-state index contributed by atoms with van der Waals surface area (Å²) in [5.74, 6) is 0. The molecule has 2 aromatic rings. The molecule has 0 aliphatic rings. The maximum Gasteiger partial charge on any atom is 0.0464 e. The minimum Gasteiger partial charge on any atom is -0.374 e. The first-order chi connectivity index (χ1) is 10.7. The second-order valence-electron chi connectivity index (χ2n) is 6.20. The molecule has 2 heteroatoms. The Morgan fingerprint density at radius 2 is 1.18 bits per heavy atom. The molecule has 0 atom stereocenters. The maximum absolute atomic E-state index is 2.41. The Labute approximate surface area is 135 Å². The van der Waals surface area contributed by atoms with Crippen LogP contribution < -0.4 is 9.80 Å². The van der Waals surface area contributed by atoms with Crippen molar-refractivity contribution in [2.75, 3.05) is 37.0 Å². The van der Waals surface area contributed by atoms with Gasteiger partial charge in [-0.15, -0.1) is 0 Å². The zero-order valence-electron chi connectivity index (χ0n) is 14.6. The van der Waals surface area contributed by atoms with Gasteiger partial charge < -0.3 is 9.80 Å². The van der Waals surface area contributed by atoms with Crippen molar-refractivity contribution in [2.24, 2.45) is 0 Å². The first-order valence-electron chi connectivity index (χ1n) is 8.63. The van der Waals surface area contributed by atoms with Crippen LogP contribution >= 0.6 is 0 Å². The van der Waals surface area contributed by atoms with Gasteiger partial charge in [-0.1, -0.05) is 51.0 Å². The van der Waals surface area contributed by atoms with Gasteiger partial charge in [0.2, 0.25) is 0 Å². The predicted molar refractivity (Wildman–Crippen MR) is 100 cm³/mol. The molecule has 0 amide bonds. The number of hydrogen-bond acceptors (Lipinski definition) is 2. The second-order valence-corrected chi connectivity index (χ2v) is 6.20. The van der Waals surface area contributed by atoms with Crippen LogP contribution in [0.5, 0.6) is 0 Å². The Kier molecular flexibility index (Phi) is 6.11. The van der Waals surface area contributed by atoms with E-state index >= 15 is 0 Å². The molecule has 22 heavy (non-hydrogen) atoms. The number of benzene rings is 2. The third kappa shape index (κ3) is 3.73. The van der Waals surface area contributed by atoms with Crippen LogP contribution in [-0.4, -0.2) is 27.2 Å². The van der Waals surface area contributed by atoms with E-state index in [1.54, 1.807) is 0 Å². The van der Waals surface area contributed by atoms with Gasteiger partial charge in [-0.2, -0.15) is 0 Å². The highest BCUT2D eigenvalue weighted by Crippen LogP contribution is 2.34. The van der Waals surface area contributed by atoms with Gasteiger partial charge in [-0.05, 0) is 30.4 Å². The van der Waals surface area contributed by atoms with Crippen molar-refractivity contribution in [3.63, 3.8) is 0 Å². The van der Waals surface area contributed by atoms with E-state index < -0.39 is 0 Å². The fourth-order valence-electron chi connectivity index (χ4n) is 2.97. The molecule has 0 fully saturated rings. The van der Waals surface area contributed by atoms with Gasteiger partial charge in [0.25, 0.3) is 0 Å². The van der Waals surface area contributed by atoms with Crippen molar-refractivity contribution in [3.05, 3.63) is 36.4 Å². The molecule has 120 valence electrons. The average Bonchev–Trinajstić information content (AvgIpc) is 2.56. The zero-order valence-corrected chi connectivity index (χ0v) is 14.6. The summed E-state index contributed by atoms with van der Waals surface area (Å²) in [7, 11) is 4.43.